The van der Waals surface area contributed by atoms with Gasteiger partial charge in [-0.15, -0.1) is 71.3 Å². The minimum absolute atomic E-state index is 0. The maximum atomic E-state index is 4.43. The molecule has 0 aliphatic rings. The summed E-state index contributed by atoms with van der Waals surface area (Å²) in [5, 5.41) is 0. The second-order valence-electron chi connectivity index (χ2n) is 7.56. The van der Waals surface area contributed by atoms with Crippen LogP contribution >= 0.6 is 0 Å². The number of benzene rings is 3. The minimum Gasteiger partial charge on any atom is -0.304 e. The van der Waals surface area contributed by atoms with Gasteiger partial charge in [-0.05, 0) is 36.2 Å². The van der Waals surface area contributed by atoms with Crippen LogP contribution in [0, 0.1) is 19.1 Å². The molecule has 0 saturated heterocycles. The van der Waals surface area contributed by atoms with Gasteiger partial charge < -0.3 is 4.98 Å². The third-order valence-corrected chi connectivity index (χ3v) is 5.30. The van der Waals surface area contributed by atoms with E-state index in [1.54, 1.807) is 12.4 Å². The molecular formula is C30H25IrN3-2. The molecule has 0 aliphatic carbocycles. The standard InChI is InChI=1S/C16H11N2.C14H14N.Ir/c1-2-6-13(7-3-1)14-8-4-9-15(12-14)16-17-10-5-11-18-16;1-3-12-9-14(15-10-11(12)2)13-7-5-4-6-8-13;/h1-8,10-12H;4-7,9-10H,3H2,1-2H3;/q2*-1;. The number of nitrogens with zero attached hydrogens (tertiary/aromatic N) is 3. The minimum atomic E-state index is 0. The maximum Gasteiger partial charge on any atom is 0.0748 e. The van der Waals surface area contributed by atoms with Crippen LogP contribution in [0.25, 0.3) is 33.8 Å². The van der Waals surface area contributed by atoms with E-state index in [4.69, 9.17) is 0 Å². The Morgan fingerprint density at radius 3 is 2.15 bits per heavy atom. The van der Waals surface area contributed by atoms with Gasteiger partial charge in [-0.1, -0.05) is 48.9 Å². The van der Waals surface area contributed by atoms with Crippen molar-refractivity contribution in [3.63, 3.8) is 0 Å². The summed E-state index contributed by atoms with van der Waals surface area (Å²) in [7, 11) is 0. The van der Waals surface area contributed by atoms with Gasteiger partial charge in [0.1, 0.15) is 0 Å². The van der Waals surface area contributed by atoms with Crippen molar-refractivity contribution in [3.05, 3.63) is 127 Å². The van der Waals surface area contributed by atoms with Crippen molar-refractivity contribution in [2.24, 2.45) is 0 Å². The second-order valence-corrected chi connectivity index (χ2v) is 7.56. The first-order valence-corrected chi connectivity index (χ1v) is 11.0. The summed E-state index contributed by atoms with van der Waals surface area (Å²) in [5.41, 5.74) is 7.94. The Morgan fingerprint density at radius 2 is 1.44 bits per heavy atom. The van der Waals surface area contributed by atoms with Crippen LogP contribution in [0.15, 0.2) is 104 Å². The summed E-state index contributed by atoms with van der Waals surface area (Å²) in [6.45, 7) is 4.27. The van der Waals surface area contributed by atoms with E-state index in [9.17, 15) is 0 Å². The van der Waals surface area contributed by atoms with Crippen LogP contribution in [0.2, 0.25) is 0 Å². The van der Waals surface area contributed by atoms with Gasteiger partial charge in [-0.2, -0.15) is 0 Å². The van der Waals surface area contributed by atoms with Crippen molar-refractivity contribution in [1.82, 2.24) is 15.0 Å². The van der Waals surface area contributed by atoms with E-state index < -0.39 is 0 Å². The Bertz CT molecular complexity index is 1240. The number of pyridine rings is 1. The molecule has 2 aromatic heterocycles. The van der Waals surface area contributed by atoms with Crippen LogP contribution in [-0.4, -0.2) is 15.0 Å². The molecule has 0 atom stereocenters. The topological polar surface area (TPSA) is 38.7 Å². The SMILES string of the molecule is CCc1cc(-c2[c-]cccc2)ncc1C.[Ir].[c-]1ccc(-c2ccccc2)cc1-c1ncccn1. The van der Waals surface area contributed by atoms with Crippen molar-refractivity contribution in [1.29, 1.82) is 0 Å². The van der Waals surface area contributed by atoms with Crippen molar-refractivity contribution < 1.29 is 20.1 Å². The third-order valence-electron chi connectivity index (χ3n) is 5.30. The Hall–Kier alpha value is -3.46. The van der Waals surface area contributed by atoms with Crippen LogP contribution in [-0.2, 0) is 26.5 Å². The summed E-state index contributed by atoms with van der Waals surface area (Å²) in [4.78, 5) is 12.9. The van der Waals surface area contributed by atoms with E-state index in [-0.39, 0.29) is 20.1 Å². The van der Waals surface area contributed by atoms with Crippen LogP contribution in [0.4, 0.5) is 0 Å². The molecule has 0 unspecified atom stereocenters. The molecule has 2 heterocycles. The zero-order valence-electron chi connectivity index (χ0n) is 19.2. The van der Waals surface area contributed by atoms with Crippen LogP contribution in [0.5, 0.6) is 0 Å². The first-order chi connectivity index (χ1) is 16.2. The van der Waals surface area contributed by atoms with Gasteiger partial charge in [-0.3, -0.25) is 9.97 Å². The van der Waals surface area contributed by atoms with Crippen molar-refractivity contribution in [2.75, 3.05) is 0 Å². The van der Waals surface area contributed by atoms with Gasteiger partial charge in [0, 0.05) is 38.7 Å². The van der Waals surface area contributed by atoms with E-state index in [0.29, 0.717) is 5.82 Å². The Balaban J connectivity index is 0.000000188. The normalized spacial score (nSPS) is 9.94. The Labute approximate surface area is 215 Å². The van der Waals surface area contributed by atoms with E-state index in [1.165, 1.54) is 16.7 Å². The largest absolute Gasteiger partial charge is 0.304 e. The first kappa shape index (κ1) is 25.2. The van der Waals surface area contributed by atoms with Crippen LogP contribution < -0.4 is 0 Å². The molecule has 171 valence electrons. The quantitative estimate of drug-likeness (QED) is 0.203. The smallest absolute Gasteiger partial charge is 0.0748 e. The molecule has 0 fully saturated rings. The van der Waals surface area contributed by atoms with Gasteiger partial charge >= 0.3 is 0 Å². The van der Waals surface area contributed by atoms with E-state index in [0.717, 1.165) is 28.8 Å². The Kier molecular flexibility index (Phi) is 9.39. The molecule has 0 amide bonds. The van der Waals surface area contributed by atoms with Gasteiger partial charge in [0.15, 0.2) is 0 Å². The Morgan fingerprint density at radius 1 is 0.706 bits per heavy atom. The average Bonchev–Trinajstić information content (AvgIpc) is 2.91. The number of aromatic nitrogens is 3. The fourth-order valence-corrected chi connectivity index (χ4v) is 3.49. The van der Waals surface area contributed by atoms with Crippen LogP contribution in [0.1, 0.15) is 18.1 Å². The number of aryl methyl sites for hydroxylation is 2. The fourth-order valence-electron chi connectivity index (χ4n) is 3.49. The number of hydrogen-bond donors (Lipinski definition) is 0. The number of hydrogen-bond acceptors (Lipinski definition) is 3. The van der Waals surface area contributed by atoms with E-state index >= 15 is 0 Å². The third kappa shape index (κ3) is 6.54. The molecule has 0 spiro atoms. The van der Waals surface area contributed by atoms with Crippen LogP contribution in [0.3, 0.4) is 0 Å². The van der Waals surface area contributed by atoms with Gasteiger partial charge in [0.2, 0.25) is 0 Å². The summed E-state index contributed by atoms with van der Waals surface area (Å²) < 4.78 is 0. The molecule has 34 heavy (non-hydrogen) atoms. The molecule has 5 rings (SSSR count). The second kappa shape index (κ2) is 12.7. The molecule has 0 N–H and O–H groups in total. The summed E-state index contributed by atoms with van der Waals surface area (Å²) >= 11 is 0. The summed E-state index contributed by atoms with van der Waals surface area (Å²) in [5.74, 6) is 0.704. The summed E-state index contributed by atoms with van der Waals surface area (Å²) in [6.07, 6.45) is 6.47. The predicted octanol–water partition coefficient (Wildman–Crippen LogP) is 7.03. The maximum absolute atomic E-state index is 4.43. The van der Waals surface area contributed by atoms with Crippen molar-refractivity contribution >= 4 is 0 Å². The molecule has 4 heteroatoms. The molecular weight excluding hydrogens is 595 g/mol. The summed E-state index contributed by atoms with van der Waals surface area (Å²) in [6, 6.07) is 34.5. The molecule has 0 saturated carbocycles. The van der Waals surface area contributed by atoms with Gasteiger partial charge in [0.05, 0.1) is 5.82 Å². The molecule has 3 aromatic carbocycles. The zero-order valence-corrected chi connectivity index (χ0v) is 21.6. The van der Waals surface area contributed by atoms with E-state index in [1.807, 2.05) is 66.9 Å². The van der Waals surface area contributed by atoms with Gasteiger partial charge in [-0.25, -0.2) is 0 Å². The number of rotatable bonds is 4. The fraction of sp³-hybridized carbons (Fsp3) is 0.100. The zero-order chi connectivity index (χ0) is 22.9. The molecule has 3 nitrogen and oxygen atoms in total. The van der Waals surface area contributed by atoms with Crippen molar-refractivity contribution in [2.45, 2.75) is 20.3 Å². The van der Waals surface area contributed by atoms with Crippen molar-refractivity contribution in [3.8, 4) is 33.8 Å². The molecule has 0 aliphatic heterocycles. The monoisotopic (exact) mass is 620 g/mol. The molecule has 5 aromatic rings. The van der Waals surface area contributed by atoms with E-state index in [2.05, 4.69) is 65.2 Å². The first-order valence-electron chi connectivity index (χ1n) is 11.0. The van der Waals surface area contributed by atoms with Gasteiger partial charge in [0.25, 0.3) is 0 Å². The molecule has 0 bridgehead atoms. The predicted molar refractivity (Wildman–Crippen MR) is 134 cm³/mol. The molecule has 1 radical (unpaired) electrons. The average molecular weight is 620 g/mol.